The van der Waals surface area contributed by atoms with Gasteiger partial charge in [0.05, 0.1) is 28.8 Å². The van der Waals surface area contributed by atoms with Gasteiger partial charge in [0.2, 0.25) is 10.0 Å². The zero-order chi connectivity index (χ0) is 28.5. The van der Waals surface area contributed by atoms with E-state index < -0.39 is 38.9 Å². The lowest BCUT2D eigenvalue weighted by Crippen LogP contribution is -2.34. The molecular weight excluding hydrogens is 550 g/mol. The molecule has 0 unspecified atom stereocenters. The summed E-state index contributed by atoms with van der Waals surface area (Å²) in [6, 6.07) is 8.96. The topological polar surface area (TPSA) is 89.3 Å². The van der Waals surface area contributed by atoms with Crippen molar-refractivity contribution in [1.29, 1.82) is 0 Å². The van der Waals surface area contributed by atoms with Gasteiger partial charge in [-0.15, -0.1) is 5.10 Å². The van der Waals surface area contributed by atoms with Crippen LogP contribution in [0, 0.1) is 0 Å². The van der Waals surface area contributed by atoms with Crippen molar-refractivity contribution in [3.8, 4) is 5.75 Å². The highest BCUT2D eigenvalue weighted by Crippen LogP contribution is 2.35. The van der Waals surface area contributed by atoms with Crippen LogP contribution in [0.15, 0.2) is 53.6 Å². The first-order valence-electron chi connectivity index (χ1n) is 13.2. The number of benzene rings is 2. The molecule has 1 aromatic heterocycles. The van der Waals surface area contributed by atoms with Crippen LogP contribution in [0.3, 0.4) is 0 Å². The lowest BCUT2D eigenvalue weighted by Gasteiger charge is -2.30. The SMILES string of the molecule is C[C@@H](Cc1cn([C@@H]2CCOc3cc(CN4CCC(F)CC4)ccc32)nn1)NS(=O)(=O)c1cccc(C(F)(F)F)c1. The van der Waals surface area contributed by atoms with Crippen molar-refractivity contribution >= 4 is 10.0 Å². The van der Waals surface area contributed by atoms with E-state index in [0.717, 1.165) is 54.7 Å². The Morgan fingerprint density at radius 1 is 1.12 bits per heavy atom. The number of halogens is 4. The summed E-state index contributed by atoms with van der Waals surface area (Å²) in [6.45, 7) is 4.31. The number of hydrogen-bond donors (Lipinski definition) is 1. The highest BCUT2D eigenvalue weighted by molar-refractivity contribution is 7.89. The number of ether oxygens (including phenoxy) is 1. The maximum absolute atomic E-state index is 13.5. The summed E-state index contributed by atoms with van der Waals surface area (Å²) in [5.41, 5.74) is 1.57. The minimum Gasteiger partial charge on any atom is -0.493 e. The Kier molecular flexibility index (Phi) is 8.16. The Hall–Kier alpha value is -3.03. The monoisotopic (exact) mass is 581 g/mol. The van der Waals surface area contributed by atoms with Gasteiger partial charge in [-0.2, -0.15) is 13.2 Å². The second-order valence-corrected chi connectivity index (χ2v) is 12.1. The van der Waals surface area contributed by atoms with Crippen molar-refractivity contribution in [2.75, 3.05) is 19.7 Å². The van der Waals surface area contributed by atoms with Crippen molar-refractivity contribution in [2.24, 2.45) is 0 Å². The highest BCUT2D eigenvalue weighted by atomic mass is 32.2. The van der Waals surface area contributed by atoms with Crippen LogP contribution in [0.1, 0.15) is 54.6 Å². The second kappa shape index (κ2) is 11.5. The molecule has 0 spiro atoms. The molecule has 2 aliphatic heterocycles. The molecule has 2 aliphatic rings. The summed E-state index contributed by atoms with van der Waals surface area (Å²) in [7, 11) is -4.18. The van der Waals surface area contributed by atoms with Crippen LogP contribution in [-0.4, -0.2) is 60.2 Å². The van der Waals surface area contributed by atoms with Crippen LogP contribution < -0.4 is 9.46 Å². The third-order valence-corrected chi connectivity index (χ3v) is 8.82. The molecule has 0 amide bonds. The van der Waals surface area contributed by atoms with E-state index in [1.807, 2.05) is 18.2 Å². The smallest absolute Gasteiger partial charge is 0.416 e. The Bertz CT molecular complexity index is 1440. The predicted molar refractivity (Wildman–Crippen MR) is 139 cm³/mol. The van der Waals surface area contributed by atoms with Gasteiger partial charge in [0.15, 0.2) is 0 Å². The first kappa shape index (κ1) is 28.5. The molecule has 0 saturated carbocycles. The summed E-state index contributed by atoms with van der Waals surface area (Å²) >= 11 is 0. The Morgan fingerprint density at radius 3 is 2.65 bits per heavy atom. The van der Waals surface area contributed by atoms with Crippen molar-refractivity contribution in [1.82, 2.24) is 24.6 Å². The molecule has 3 heterocycles. The van der Waals surface area contributed by atoms with Gasteiger partial charge < -0.3 is 4.74 Å². The van der Waals surface area contributed by atoms with Gasteiger partial charge >= 0.3 is 6.18 Å². The number of piperidine rings is 1. The second-order valence-electron chi connectivity index (χ2n) is 10.4. The maximum atomic E-state index is 13.5. The van der Waals surface area contributed by atoms with Crippen LogP contribution in [0.2, 0.25) is 0 Å². The van der Waals surface area contributed by atoms with Gasteiger partial charge in [0.1, 0.15) is 11.9 Å². The van der Waals surface area contributed by atoms with E-state index in [9.17, 15) is 26.0 Å². The average Bonchev–Trinajstić information content (AvgIpc) is 3.37. The van der Waals surface area contributed by atoms with Gasteiger partial charge in [-0.1, -0.05) is 23.4 Å². The maximum Gasteiger partial charge on any atom is 0.416 e. The van der Waals surface area contributed by atoms with Crippen molar-refractivity contribution in [3.05, 3.63) is 71.0 Å². The molecular formula is C27H31F4N5O3S. The first-order chi connectivity index (χ1) is 19.0. The number of aromatic nitrogens is 3. The highest BCUT2D eigenvalue weighted by Gasteiger charge is 2.32. The number of nitrogens with one attached hydrogen (secondary N) is 1. The largest absolute Gasteiger partial charge is 0.493 e. The first-order valence-corrected chi connectivity index (χ1v) is 14.7. The van der Waals surface area contributed by atoms with Crippen LogP contribution >= 0.6 is 0 Å². The molecule has 8 nitrogen and oxygen atoms in total. The molecule has 216 valence electrons. The zero-order valence-corrected chi connectivity index (χ0v) is 22.8. The van der Waals surface area contributed by atoms with Crippen LogP contribution in [-0.2, 0) is 29.2 Å². The van der Waals surface area contributed by atoms with E-state index in [-0.39, 0.29) is 12.5 Å². The molecule has 2 atom stereocenters. The fourth-order valence-corrected chi connectivity index (χ4v) is 6.48. The van der Waals surface area contributed by atoms with Crippen molar-refractivity contribution < 1.29 is 30.7 Å². The van der Waals surface area contributed by atoms with E-state index in [2.05, 4.69) is 19.9 Å². The molecule has 0 aliphatic carbocycles. The van der Waals surface area contributed by atoms with E-state index >= 15 is 0 Å². The summed E-state index contributed by atoms with van der Waals surface area (Å²) in [5, 5.41) is 8.48. The zero-order valence-electron chi connectivity index (χ0n) is 21.9. The van der Waals surface area contributed by atoms with E-state index in [0.29, 0.717) is 37.6 Å². The predicted octanol–water partition coefficient (Wildman–Crippen LogP) is 4.51. The quantitative estimate of drug-likeness (QED) is 0.394. The van der Waals surface area contributed by atoms with Crippen LogP contribution in [0.25, 0.3) is 0 Å². The van der Waals surface area contributed by atoms with Crippen molar-refractivity contribution in [2.45, 2.75) is 68.5 Å². The standard InChI is InChI=1S/C27H31F4N5O3S/c1-18(33-40(37,38)23-4-2-3-20(15-23)27(29,30)31)13-22-17-36(34-32-22)25-9-12-39-26-14-19(5-6-24(25)26)16-35-10-7-21(28)8-11-35/h2-6,14-15,17-18,21,25,33H,7-13,16H2,1H3/t18-,25+/m0/s1. The molecule has 40 heavy (non-hydrogen) atoms. The van der Waals surface area contributed by atoms with Gasteiger partial charge in [0.25, 0.3) is 0 Å². The molecule has 1 N–H and O–H groups in total. The molecule has 0 radical (unpaired) electrons. The van der Waals surface area contributed by atoms with Gasteiger partial charge in [-0.3, -0.25) is 4.90 Å². The van der Waals surface area contributed by atoms with Gasteiger partial charge in [0, 0.05) is 50.3 Å². The molecule has 13 heteroatoms. The number of fused-ring (bicyclic) bond motifs is 1. The summed E-state index contributed by atoms with van der Waals surface area (Å²) in [4.78, 5) is 1.78. The van der Waals surface area contributed by atoms with E-state index in [1.54, 1.807) is 17.8 Å². The Morgan fingerprint density at radius 2 is 1.90 bits per heavy atom. The van der Waals surface area contributed by atoms with Crippen molar-refractivity contribution in [3.63, 3.8) is 0 Å². The lowest BCUT2D eigenvalue weighted by atomic mass is 9.98. The summed E-state index contributed by atoms with van der Waals surface area (Å²) < 4.78 is 88.1. The summed E-state index contributed by atoms with van der Waals surface area (Å²) in [5.74, 6) is 0.772. The molecule has 0 bridgehead atoms. The number of likely N-dealkylation sites (tertiary alicyclic amines) is 1. The molecule has 3 aromatic rings. The van der Waals surface area contributed by atoms with Crippen LogP contribution in [0.5, 0.6) is 5.75 Å². The molecule has 1 saturated heterocycles. The fraction of sp³-hybridized carbons (Fsp3) is 0.481. The van der Waals surface area contributed by atoms with E-state index in [4.69, 9.17) is 4.74 Å². The Balaban J connectivity index is 1.23. The molecule has 5 rings (SSSR count). The summed E-state index contributed by atoms with van der Waals surface area (Å²) in [6.07, 6.45) is -1.61. The normalized spacial score (nSPS) is 19.7. The number of alkyl halides is 4. The van der Waals surface area contributed by atoms with Gasteiger partial charge in [-0.05, 0) is 49.6 Å². The third kappa shape index (κ3) is 6.64. The average molecular weight is 582 g/mol. The Labute approximate surface area is 230 Å². The van der Waals surface area contributed by atoms with E-state index in [1.165, 1.54) is 0 Å². The third-order valence-electron chi connectivity index (χ3n) is 7.23. The number of hydrogen-bond acceptors (Lipinski definition) is 6. The number of sulfonamides is 1. The lowest BCUT2D eigenvalue weighted by molar-refractivity contribution is -0.137. The fourth-order valence-electron chi connectivity index (χ4n) is 5.19. The molecule has 2 aromatic carbocycles. The number of rotatable bonds is 8. The number of nitrogens with zero attached hydrogens (tertiary/aromatic N) is 4. The minimum atomic E-state index is -4.65. The minimum absolute atomic E-state index is 0.113. The van der Waals surface area contributed by atoms with Gasteiger partial charge in [-0.25, -0.2) is 22.2 Å². The van der Waals surface area contributed by atoms with Crippen LogP contribution in [0.4, 0.5) is 17.6 Å². The molecule has 1 fully saturated rings.